The van der Waals surface area contributed by atoms with Crippen LogP contribution >= 0.6 is 0 Å². The van der Waals surface area contributed by atoms with Gasteiger partial charge in [0.25, 0.3) is 0 Å². The lowest BCUT2D eigenvalue weighted by molar-refractivity contribution is -0.148. The summed E-state index contributed by atoms with van der Waals surface area (Å²) >= 11 is 0. The third-order valence-electron chi connectivity index (χ3n) is 7.78. The number of carbonyl (C=O) groups excluding carboxylic acids is 1. The van der Waals surface area contributed by atoms with Gasteiger partial charge in [-0.2, -0.15) is 19.0 Å². The van der Waals surface area contributed by atoms with Crippen LogP contribution in [0.4, 0.5) is 26.3 Å². The van der Waals surface area contributed by atoms with Gasteiger partial charge in [-0.05, 0) is 60.4 Å². The number of carbonyl (C=O) groups is 1. The molecule has 16 heteroatoms. The quantitative estimate of drug-likeness (QED) is 0.0942. The number of ether oxygens (including phenoxy) is 2. The first-order chi connectivity index (χ1) is 24.1. The molecule has 0 fully saturated rings. The molecular weight excluding hydrogens is 682 g/mol. The molecule has 1 aliphatic rings. The minimum Gasteiger partial charge on any atom is -0.487 e. The molecule has 0 bridgehead atoms. The number of β-amino-alcohol motifs (C(OH)–C–C–N with tert-alkyl or cyclic N) is 1. The highest BCUT2D eigenvalue weighted by atomic mass is 19.3. The highest BCUT2D eigenvalue weighted by Gasteiger charge is 2.42. The van der Waals surface area contributed by atoms with Crippen molar-refractivity contribution in [2.24, 2.45) is 5.10 Å². The maximum absolute atomic E-state index is 15.1. The van der Waals surface area contributed by atoms with Crippen LogP contribution < -0.4 is 9.47 Å². The number of hydrazone groups is 1. The Morgan fingerprint density at radius 3 is 2.37 bits per heavy atom. The van der Waals surface area contributed by atoms with Crippen molar-refractivity contribution in [1.82, 2.24) is 24.7 Å². The topological polar surface area (TPSA) is 105 Å². The molecule has 51 heavy (non-hydrogen) atoms. The molecule has 10 nitrogen and oxygen atoms in total. The van der Waals surface area contributed by atoms with Gasteiger partial charge in [-0.1, -0.05) is 36.4 Å². The Hall–Kier alpha value is -5.38. The van der Waals surface area contributed by atoms with Crippen molar-refractivity contribution in [3.05, 3.63) is 106 Å². The standard InChI is InChI=1S/C35H34F6N6O4/c1-22-12-26(13-23(2)32(22)51-24(3)48)15-45-20-43-47(21-45)17-34(49,29-10-7-27(36)14-30(29)37)16-46-19-42-31(44-46)11-6-25-4-8-28(9-5-25)50-18-35(40,41)33(38)39/h4-14,19-20,33,49H,15-18,21H2,1-3H3/b11-6-/t34-/m0/s1. The van der Waals surface area contributed by atoms with Crippen molar-refractivity contribution in [2.45, 2.75) is 51.8 Å². The predicted octanol–water partition coefficient (Wildman–Crippen LogP) is 6.15. The zero-order valence-corrected chi connectivity index (χ0v) is 27.7. The molecule has 0 saturated carbocycles. The van der Waals surface area contributed by atoms with Crippen LogP contribution in [-0.4, -0.2) is 74.3 Å². The van der Waals surface area contributed by atoms with Crippen molar-refractivity contribution in [3.8, 4) is 11.5 Å². The van der Waals surface area contributed by atoms with Gasteiger partial charge >= 0.3 is 18.3 Å². The van der Waals surface area contributed by atoms with Crippen LogP contribution in [0, 0.1) is 25.5 Å². The summed E-state index contributed by atoms with van der Waals surface area (Å²) in [4.78, 5) is 17.5. The summed E-state index contributed by atoms with van der Waals surface area (Å²) in [6, 6.07) is 12.4. The van der Waals surface area contributed by atoms with Crippen molar-refractivity contribution in [1.29, 1.82) is 0 Å². The van der Waals surface area contributed by atoms with E-state index in [-0.39, 0.29) is 36.9 Å². The largest absolute Gasteiger partial charge is 0.487 e. The Morgan fingerprint density at radius 1 is 1.02 bits per heavy atom. The van der Waals surface area contributed by atoms with E-state index in [0.717, 1.165) is 28.8 Å². The molecular formula is C35H34F6N6O4. The number of benzene rings is 3. The number of aliphatic hydroxyl groups is 1. The molecule has 3 aromatic carbocycles. The molecule has 1 atom stereocenters. The number of hydrogen-bond donors (Lipinski definition) is 1. The van der Waals surface area contributed by atoms with Gasteiger partial charge < -0.3 is 19.5 Å². The number of alkyl halides is 4. The maximum Gasteiger partial charge on any atom is 0.340 e. The van der Waals surface area contributed by atoms with Crippen LogP contribution in [0.1, 0.15) is 40.6 Å². The van der Waals surface area contributed by atoms with Crippen molar-refractivity contribution < 1.29 is 45.7 Å². The highest BCUT2D eigenvalue weighted by molar-refractivity contribution is 5.70. The van der Waals surface area contributed by atoms with Gasteiger partial charge in [-0.3, -0.25) is 9.80 Å². The van der Waals surface area contributed by atoms with Crippen molar-refractivity contribution in [3.63, 3.8) is 0 Å². The van der Waals surface area contributed by atoms with Crippen LogP contribution in [0.2, 0.25) is 0 Å². The first-order valence-electron chi connectivity index (χ1n) is 15.6. The normalized spacial score (nSPS) is 14.5. The molecule has 2 heterocycles. The van der Waals surface area contributed by atoms with E-state index in [1.807, 2.05) is 30.9 Å². The fourth-order valence-corrected chi connectivity index (χ4v) is 5.49. The van der Waals surface area contributed by atoms with E-state index in [9.17, 15) is 31.9 Å². The zero-order chi connectivity index (χ0) is 36.9. The summed E-state index contributed by atoms with van der Waals surface area (Å²) in [6.07, 6.45) is 2.20. The van der Waals surface area contributed by atoms with Gasteiger partial charge in [0.15, 0.2) is 12.4 Å². The van der Waals surface area contributed by atoms with E-state index in [4.69, 9.17) is 9.47 Å². The molecule has 1 aliphatic heterocycles. The van der Waals surface area contributed by atoms with E-state index >= 15 is 4.39 Å². The van der Waals surface area contributed by atoms with Crippen molar-refractivity contribution in [2.75, 3.05) is 19.8 Å². The fraction of sp³-hybridized carbons (Fsp3) is 0.314. The van der Waals surface area contributed by atoms with Gasteiger partial charge in [-0.15, -0.1) is 0 Å². The molecule has 1 N–H and O–H groups in total. The van der Waals surface area contributed by atoms with E-state index in [1.54, 1.807) is 12.4 Å². The average molecular weight is 717 g/mol. The summed E-state index contributed by atoms with van der Waals surface area (Å²) in [7, 11) is 0. The molecule has 5 rings (SSSR count). The number of esters is 1. The van der Waals surface area contributed by atoms with Gasteiger partial charge in [-0.25, -0.2) is 27.2 Å². The third-order valence-corrected chi connectivity index (χ3v) is 7.78. The van der Waals surface area contributed by atoms with Gasteiger partial charge in [0, 0.05) is 25.1 Å². The molecule has 270 valence electrons. The summed E-state index contributed by atoms with van der Waals surface area (Å²) in [6.45, 7) is 3.74. The lowest BCUT2D eigenvalue weighted by atomic mass is 9.92. The minimum atomic E-state index is -4.28. The molecule has 0 amide bonds. The second-order valence-electron chi connectivity index (χ2n) is 12.1. The summed E-state index contributed by atoms with van der Waals surface area (Å²) in [5.41, 5.74) is 0.973. The lowest BCUT2D eigenvalue weighted by Gasteiger charge is -2.32. The zero-order valence-electron chi connectivity index (χ0n) is 27.7. The predicted molar refractivity (Wildman–Crippen MR) is 175 cm³/mol. The SMILES string of the molecule is CC(=O)Oc1c(C)cc(CN2C=NN(C[C@@](O)(Cn3cnc(/C=C\c4ccc(OCC(F)(F)C(F)F)cc4)n3)c3ccc(F)cc3F)C2)cc1C. The fourth-order valence-electron chi connectivity index (χ4n) is 5.49. The number of nitrogens with zero attached hydrogens (tertiary/aromatic N) is 6. The molecule has 0 spiro atoms. The van der Waals surface area contributed by atoms with Crippen molar-refractivity contribution >= 4 is 24.5 Å². The number of halogens is 6. The molecule has 0 aliphatic carbocycles. The van der Waals surface area contributed by atoms with Crippen LogP contribution in [0.3, 0.4) is 0 Å². The molecule has 0 saturated heterocycles. The molecule has 1 aromatic heterocycles. The van der Waals surface area contributed by atoms with E-state index in [0.29, 0.717) is 23.9 Å². The Kier molecular flexibility index (Phi) is 11.0. The van der Waals surface area contributed by atoms with Crippen LogP contribution in [0.15, 0.2) is 66.0 Å². The number of aromatic nitrogens is 3. The number of hydrogen-bond acceptors (Lipinski definition) is 9. The smallest absolute Gasteiger partial charge is 0.340 e. The van der Waals surface area contributed by atoms with Gasteiger partial charge in [0.05, 0.1) is 13.1 Å². The highest BCUT2D eigenvalue weighted by Crippen LogP contribution is 2.30. The minimum absolute atomic E-state index is 0.0206. The van der Waals surface area contributed by atoms with Crippen LogP contribution in [-0.2, 0) is 23.5 Å². The van der Waals surface area contributed by atoms with Gasteiger partial charge in [0.2, 0.25) is 0 Å². The first kappa shape index (κ1) is 36.9. The van der Waals surface area contributed by atoms with E-state index in [1.165, 1.54) is 53.3 Å². The monoisotopic (exact) mass is 716 g/mol. The van der Waals surface area contributed by atoms with Crippen LogP contribution in [0.5, 0.6) is 11.5 Å². The van der Waals surface area contributed by atoms with Crippen LogP contribution in [0.25, 0.3) is 12.2 Å². The third kappa shape index (κ3) is 9.45. The second kappa shape index (κ2) is 15.2. The maximum atomic E-state index is 15.1. The number of aryl methyl sites for hydroxylation is 2. The summed E-state index contributed by atoms with van der Waals surface area (Å²) in [5.74, 6) is -5.76. The molecule has 0 unspecified atom stereocenters. The Morgan fingerprint density at radius 2 is 1.73 bits per heavy atom. The first-order valence-corrected chi connectivity index (χ1v) is 15.6. The van der Waals surface area contributed by atoms with E-state index < -0.39 is 42.2 Å². The second-order valence-corrected chi connectivity index (χ2v) is 12.1. The number of rotatable bonds is 14. The molecule has 0 radical (unpaired) electrons. The molecule has 4 aromatic rings. The summed E-state index contributed by atoms with van der Waals surface area (Å²) in [5, 5.41) is 22.2. The van der Waals surface area contributed by atoms with E-state index in [2.05, 4.69) is 15.2 Å². The Bertz CT molecular complexity index is 1900. The van der Waals surface area contributed by atoms with Gasteiger partial charge in [0.1, 0.15) is 48.1 Å². The Labute approximate surface area is 289 Å². The Balaban J connectivity index is 1.26. The summed E-state index contributed by atoms with van der Waals surface area (Å²) < 4.78 is 91.4. The lowest BCUT2D eigenvalue weighted by Crippen LogP contribution is -2.43. The average Bonchev–Trinajstić information content (AvgIpc) is 3.69.